The zero-order valence-electron chi connectivity index (χ0n) is 14.6. The standard InChI is InChI=1S/C20H17ClN2O4/c1-2-11-27-14-9-7-13(8-10-14)12-15-18(24)22-20(26)23(19(15)25)17-6-4-3-5-16(17)21/h3-10,12H,2,11H2,1H3,(H,22,24,26)/b15-12-. The van der Waals surface area contributed by atoms with Gasteiger partial charge >= 0.3 is 6.03 Å². The average Bonchev–Trinajstić information content (AvgIpc) is 2.66. The van der Waals surface area contributed by atoms with Crippen LogP contribution in [-0.2, 0) is 9.59 Å². The number of anilines is 1. The maximum Gasteiger partial charge on any atom is 0.335 e. The third-order valence-corrected chi connectivity index (χ3v) is 4.18. The van der Waals surface area contributed by atoms with Gasteiger partial charge < -0.3 is 4.74 Å². The fourth-order valence-corrected chi connectivity index (χ4v) is 2.78. The molecule has 0 radical (unpaired) electrons. The molecule has 27 heavy (non-hydrogen) atoms. The summed E-state index contributed by atoms with van der Waals surface area (Å²) in [5.41, 5.74) is 0.686. The van der Waals surface area contributed by atoms with E-state index in [1.165, 1.54) is 12.1 Å². The molecular formula is C20H17ClN2O4. The lowest BCUT2D eigenvalue weighted by atomic mass is 10.1. The number of imide groups is 2. The van der Waals surface area contributed by atoms with Gasteiger partial charge in [-0.15, -0.1) is 0 Å². The zero-order chi connectivity index (χ0) is 19.4. The molecule has 0 aromatic heterocycles. The maximum absolute atomic E-state index is 12.8. The minimum atomic E-state index is -0.835. The summed E-state index contributed by atoms with van der Waals surface area (Å²) in [5.74, 6) is -0.783. The molecule has 6 nitrogen and oxygen atoms in total. The molecular weight excluding hydrogens is 368 g/mol. The van der Waals surface area contributed by atoms with Crippen LogP contribution in [0.25, 0.3) is 6.08 Å². The largest absolute Gasteiger partial charge is 0.494 e. The second-order valence-electron chi connectivity index (χ2n) is 5.83. The van der Waals surface area contributed by atoms with E-state index in [0.29, 0.717) is 17.9 Å². The van der Waals surface area contributed by atoms with E-state index in [1.807, 2.05) is 6.92 Å². The van der Waals surface area contributed by atoms with Gasteiger partial charge in [0.25, 0.3) is 11.8 Å². The van der Waals surface area contributed by atoms with Crippen LogP contribution in [0.5, 0.6) is 5.75 Å². The number of ether oxygens (including phenoxy) is 1. The van der Waals surface area contributed by atoms with Gasteiger partial charge in [-0.25, -0.2) is 9.69 Å². The van der Waals surface area contributed by atoms with Gasteiger partial charge in [-0.1, -0.05) is 42.8 Å². The van der Waals surface area contributed by atoms with Crippen molar-refractivity contribution in [2.75, 3.05) is 11.5 Å². The van der Waals surface area contributed by atoms with Crippen molar-refractivity contribution in [1.29, 1.82) is 0 Å². The smallest absolute Gasteiger partial charge is 0.335 e. The molecule has 0 bridgehead atoms. The molecule has 4 amide bonds. The number of carbonyl (C=O) groups excluding carboxylic acids is 3. The summed E-state index contributed by atoms with van der Waals surface area (Å²) in [5, 5.41) is 2.40. The van der Waals surface area contributed by atoms with Crippen molar-refractivity contribution in [2.24, 2.45) is 0 Å². The van der Waals surface area contributed by atoms with Crippen molar-refractivity contribution in [1.82, 2.24) is 5.32 Å². The van der Waals surface area contributed by atoms with Crippen LogP contribution < -0.4 is 15.0 Å². The van der Waals surface area contributed by atoms with Crippen LogP contribution >= 0.6 is 11.6 Å². The fourth-order valence-electron chi connectivity index (χ4n) is 2.56. The Morgan fingerprint density at radius 3 is 2.44 bits per heavy atom. The predicted molar refractivity (Wildman–Crippen MR) is 103 cm³/mol. The van der Waals surface area contributed by atoms with Gasteiger partial charge in [-0.05, 0) is 42.3 Å². The molecule has 0 spiro atoms. The molecule has 1 saturated heterocycles. The lowest BCUT2D eigenvalue weighted by molar-refractivity contribution is -0.122. The van der Waals surface area contributed by atoms with Gasteiger partial charge in [0.2, 0.25) is 0 Å². The fraction of sp³-hybridized carbons (Fsp3) is 0.150. The summed E-state index contributed by atoms with van der Waals surface area (Å²) >= 11 is 6.10. The summed E-state index contributed by atoms with van der Waals surface area (Å²) in [4.78, 5) is 38.0. The van der Waals surface area contributed by atoms with E-state index in [-0.39, 0.29) is 16.3 Å². The quantitative estimate of drug-likeness (QED) is 0.628. The number of nitrogens with zero attached hydrogens (tertiary/aromatic N) is 1. The van der Waals surface area contributed by atoms with E-state index in [4.69, 9.17) is 16.3 Å². The highest BCUT2D eigenvalue weighted by atomic mass is 35.5. The minimum absolute atomic E-state index is 0.156. The topological polar surface area (TPSA) is 75.7 Å². The third kappa shape index (κ3) is 4.01. The predicted octanol–water partition coefficient (Wildman–Crippen LogP) is 3.80. The van der Waals surface area contributed by atoms with Gasteiger partial charge in [0.15, 0.2) is 0 Å². The summed E-state index contributed by atoms with van der Waals surface area (Å²) in [6.45, 7) is 2.62. The average molecular weight is 385 g/mol. The number of halogens is 1. The van der Waals surface area contributed by atoms with E-state index in [1.54, 1.807) is 42.5 Å². The Kier molecular flexibility index (Phi) is 5.57. The van der Waals surface area contributed by atoms with Crippen molar-refractivity contribution in [2.45, 2.75) is 13.3 Å². The van der Waals surface area contributed by atoms with Gasteiger partial charge in [-0.3, -0.25) is 14.9 Å². The number of hydrogen-bond donors (Lipinski definition) is 1. The number of amides is 4. The molecule has 138 valence electrons. The Morgan fingerprint density at radius 2 is 1.78 bits per heavy atom. The number of nitrogens with one attached hydrogen (secondary N) is 1. The number of barbiturate groups is 1. The van der Waals surface area contributed by atoms with Crippen molar-refractivity contribution in [3.05, 3.63) is 64.7 Å². The lowest BCUT2D eigenvalue weighted by Gasteiger charge is -2.27. The van der Waals surface area contributed by atoms with Crippen LogP contribution in [0, 0.1) is 0 Å². The summed E-state index contributed by atoms with van der Waals surface area (Å²) in [7, 11) is 0. The number of para-hydroxylation sites is 1. The van der Waals surface area contributed by atoms with E-state index in [2.05, 4.69) is 5.32 Å². The number of urea groups is 1. The van der Waals surface area contributed by atoms with Crippen LogP contribution in [0.4, 0.5) is 10.5 Å². The first-order valence-electron chi connectivity index (χ1n) is 8.40. The van der Waals surface area contributed by atoms with Crippen LogP contribution in [0.1, 0.15) is 18.9 Å². The van der Waals surface area contributed by atoms with E-state index < -0.39 is 17.8 Å². The SMILES string of the molecule is CCCOc1ccc(/C=C2/C(=O)NC(=O)N(c3ccccc3Cl)C2=O)cc1. The Bertz CT molecular complexity index is 922. The second-order valence-corrected chi connectivity index (χ2v) is 6.23. The highest BCUT2D eigenvalue weighted by Gasteiger charge is 2.37. The second kappa shape index (κ2) is 8.05. The van der Waals surface area contributed by atoms with Crippen LogP contribution in [0.15, 0.2) is 54.1 Å². The van der Waals surface area contributed by atoms with Crippen molar-refractivity contribution >= 4 is 41.2 Å². The summed E-state index contributed by atoms with van der Waals surface area (Å²) in [6, 6.07) is 12.6. The molecule has 3 rings (SSSR count). The first-order valence-corrected chi connectivity index (χ1v) is 8.78. The van der Waals surface area contributed by atoms with Crippen molar-refractivity contribution < 1.29 is 19.1 Å². The molecule has 0 aliphatic carbocycles. The number of rotatable bonds is 5. The monoisotopic (exact) mass is 384 g/mol. The van der Waals surface area contributed by atoms with Crippen LogP contribution in [-0.4, -0.2) is 24.5 Å². The Hall–Kier alpha value is -3.12. The number of hydrogen-bond acceptors (Lipinski definition) is 4. The molecule has 1 fully saturated rings. The Labute approximate surface area is 161 Å². The van der Waals surface area contributed by atoms with E-state index in [0.717, 1.165) is 11.3 Å². The molecule has 1 aliphatic heterocycles. The highest BCUT2D eigenvalue weighted by molar-refractivity contribution is 6.42. The molecule has 2 aromatic rings. The van der Waals surface area contributed by atoms with Crippen LogP contribution in [0.3, 0.4) is 0 Å². The van der Waals surface area contributed by atoms with Crippen molar-refractivity contribution in [3.63, 3.8) is 0 Å². The molecule has 1 N–H and O–H groups in total. The maximum atomic E-state index is 12.8. The van der Waals surface area contributed by atoms with Gasteiger partial charge in [0.05, 0.1) is 17.3 Å². The van der Waals surface area contributed by atoms with Crippen molar-refractivity contribution in [3.8, 4) is 5.75 Å². The van der Waals surface area contributed by atoms with Gasteiger partial charge in [-0.2, -0.15) is 0 Å². The van der Waals surface area contributed by atoms with Crippen LogP contribution in [0.2, 0.25) is 5.02 Å². The van der Waals surface area contributed by atoms with E-state index >= 15 is 0 Å². The molecule has 0 atom stereocenters. The number of benzene rings is 2. The Morgan fingerprint density at radius 1 is 1.07 bits per heavy atom. The molecule has 7 heteroatoms. The summed E-state index contributed by atoms with van der Waals surface area (Å²) in [6.07, 6.45) is 2.32. The van der Waals surface area contributed by atoms with Gasteiger partial charge in [0, 0.05) is 0 Å². The number of carbonyl (C=O) groups is 3. The normalized spacial score (nSPS) is 15.9. The molecule has 1 heterocycles. The molecule has 2 aromatic carbocycles. The highest BCUT2D eigenvalue weighted by Crippen LogP contribution is 2.28. The molecule has 0 unspecified atom stereocenters. The van der Waals surface area contributed by atoms with E-state index in [9.17, 15) is 14.4 Å². The third-order valence-electron chi connectivity index (χ3n) is 3.86. The molecule has 1 aliphatic rings. The zero-order valence-corrected chi connectivity index (χ0v) is 15.3. The minimum Gasteiger partial charge on any atom is -0.494 e. The first kappa shape index (κ1) is 18.7. The lowest BCUT2D eigenvalue weighted by Crippen LogP contribution is -2.54. The first-order chi connectivity index (χ1) is 13.0. The summed E-state index contributed by atoms with van der Waals surface area (Å²) < 4.78 is 5.51. The molecule has 0 saturated carbocycles. The Balaban J connectivity index is 1.91. The van der Waals surface area contributed by atoms with Gasteiger partial charge in [0.1, 0.15) is 11.3 Å².